The van der Waals surface area contributed by atoms with Crippen LogP contribution in [-0.4, -0.2) is 30.0 Å². The van der Waals surface area contributed by atoms with Crippen molar-refractivity contribution in [1.82, 2.24) is 0 Å². The normalized spacial score (nSPS) is 10.0. The van der Waals surface area contributed by atoms with E-state index in [4.69, 9.17) is 9.84 Å². The van der Waals surface area contributed by atoms with E-state index in [1.54, 1.807) is 0 Å². The van der Waals surface area contributed by atoms with Crippen molar-refractivity contribution in [2.45, 2.75) is 11.8 Å². The Labute approximate surface area is 93.4 Å². The average Bonchev–Trinajstić information content (AvgIpc) is 2.25. The second kappa shape index (κ2) is 6.48. The van der Waals surface area contributed by atoms with E-state index in [9.17, 15) is 4.79 Å². The molecule has 1 aromatic carbocycles. The first kappa shape index (κ1) is 12.1. The summed E-state index contributed by atoms with van der Waals surface area (Å²) in [6.45, 7) is 1.97. The van der Waals surface area contributed by atoms with Crippen LogP contribution in [0.2, 0.25) is 0 Å². The maximum absolute atomic E-state index is 11.1. The molecule has 0 spiro atoms. The molecule has 15 heavy (non-hydrogen) atoms. The van der Waals surface area contributed by atoms with Gasteiger partial charge in [0.25, 0.3) is 0 Å². The molecule has 0 aromatic heterocycles. The van der Waals surface area contributed by atoms with Gasteiger partial charge in [-0.05, 0) is 19.1 Å². The Morgan fingerprint density at radius 1 is 1.40 bits per heavy atom. The van der Waals surface area contributed by atoms with Crippen LogP contribution in [0.5, 0.6) is 0 Å². The molecule has 0 saturated heterocycles. The van der Waals surface area contributed by atoms with Gasteiger partial charge in [0.2, 0.25) is 0 Å². The van der Waals surface area contributed by atoms with E-state index in [2.05, 4.69) is 0 Å². The maximum atomic E-state index is 11.1. The summed E-state index contributed by atoms with van der Waals surface area (Å²) in [5.41, 5.74) is 1.20. The zero-order valence-corrected chi connectivity index (χ0v) is 9.42. The number of hydrogen-bond donors (Lipinski definition) is 1. The van der Waals surface area contributed by atoms with Crippen LogP contribution in [0.3, 0.4) is 0 Å². The van der Waals surface area contributed by atoms with Crippen molar-refractivity contribution in [3.8, 4) is 0 Å². The highest BCUT2D eigenvalue weighted by Crippen LogP contribution is 2.18. The zero-order chi connectivity index (χ0) is 11.1. The number of hydrogen-bond acceptors (Lipinski definition) is 4. The summed E-state index contributed by atoms with van der Waals surface area (Å²) in [4.78, 5) is 12.1. The number of rotatable bonds is 5. The minimum absolute atomic E-state index is 0.0767. The minimum atomic E-state index is -0.297. The first-order valence-corrected chi connectivity index (χ1v) is 5.67. The molecule has 0 saturated carbocycles. The molecule has 82 valence electrons. The molecular formula is C11H14O3S. The molecule has 0 heterocycles. The fraction of sp³-hybridized carbons (Fsp3) is 0.364. The van der Waals surface area contributed by atoms with Crippen LogP contribution in [0.1, 0.15) is 5.56 Å². The first-order valence-electron chi connectivity index (χ1n) is 4.68. The molecule has 4 heteroatoms. The molecule has 0 amide bonds. The largest absolute Gasteiger partial charge is 0.463 e. The molecule has 0 aliphatic rings. The Hall–Kier alpha value is -1.00. The van der Waals surface area contributed by atoms with Crippen LogP contribution in [0.4, 0.5) is 0 Å². The van der Waals surface area contributed by atoms with E-state index >= 15 is 0 Å². The van der Waals surface area contributed by atoms with Crippen molar-refractivity contribution in [3.05, 3.63) is 29.8 Å². The average molecular weight is 226 g/mol. The third-order valence-electron chi connectivity index (χ3n) is 1.73. The lowest BCUT2D eigenvalue weighted by Gasteiger charge is -2.03. The quantitative estimate of drug-likeness (QED) is 0.612. The van der Waals surface area contributed by atoms with Crippen molar-refractivity contribution < 1.29 is 14.6 Å². The van der Waals surface area contributed by atoms with Gasteiger partial charge < -0.3 is 9.84 Å². The topological polar surface area (TPSA) is 46.5 Å². The van der Waals surface area contributed by atoms with Gasteiger partial charge in [-0.3, -0.25) is 4.79 Å². The number of aliphatic hydroxyl groups excluding tert-OH is 1. The standard InChI is InChI=1S/C11H14O3S/c1-9-2-4-10(5-3-9)15-8-11(13)14-7-6-12/h2-5,12H,6-8H2,1H3. The molecule has 0 fully saturated rings. The van der Waals surface area contributed by atoms with Crippen LogP contribution < -0.4 is 0 Å². The van der Waals surface area contributed by atoms with Crippen molar-refractivity contribution in [1.29, 1.82) is 0 Å². The predicted octanol–water partition coefficient (Wildman–Crippen LogP) is 1.62. The number of carbonyl (C=O) groups excluding carboxylic acids is 1. The molecular weight excluding hydrogens is 212 g/mol. The highest BCUT2D eigenvalue weighted by molar-refractivity contribution is 8.00. The van der Waals surface area contributed by atoms with Crippen LogP contribution in [-0.2, 0) is 9.53 Å². The summed E-state index contributed by atoms with van der Waals surface area (Å²) in [7, 11) is 0. The van der Waals surface area contributed by atoms with E-state index in [1.807, 2.05) is 31.2 Å². The molecule has 0 atom stereocenters. The number of thioether (sulfide) groups is 1. The second-order valence-corrected chi connectivity index (χ2v) is 4.09. The molecule has 1 rings (SSSR count). The number of esters is 1. The van der Waals surface area contributed by atoms with Crippen molar-refractivity contribution in [3.63, 3.8) is 0 Å². The Balaban J connectivity index is 2.30. The van der Waals surface area contributed by atoms with E-state index < -0.39 is 0 Å². The number of aliphatic hydroxyl groups is 1. The monoisotopic (exact) mass is 226 g/mol. The zero-order valence-electron chi connectivity index (χ0n) is 8.60. The van der Waals surface area contributed by atoms with E-state index in [1.165, 1.54) is 17.3 Å². The van der Waals surface area contributed by atoms with Gasteiger partial charge in [0.05, 0.1) is 12.4 Å². The summed E-state index contributed by atoms with van der Waals surface area (Å²) >= 11 is 1.43. The summed E-state index contributed by atoms with van der Waals surface area (Å²) in [5.74, 6) is -0.0158. The molecule has 3 nitrogen and oxygen atoms in total. The highest BCUT2D eigenvalue weighted by Gasteiger charge is 2.03. The van der Waals surface area contributed by atoms with Gasteiger partial charge in [-0.1, -0.05) is 17.7 Å². The predicted molar refractivity (Wildman–Crippen MR) is 59.9 cm³/mol. The van der Waals surface area contributed by atoms with Crippen molar-refractivity contribution >= 4 is 17.7 Å². The minimum Gasteiger partial charge on any atom is -0.463 e. The van der Waals surface area contributed by atoms with Crippen LogP contribution >= 0.6 is 11.8 Å². The molecule has 0 aliphatic carbocycles. The first-order chi connectivity index (χ1) is 7.22. The molecule has 0 unspecified atom stereocenters. The Bertz CT molecular complexity index is 308. The van der Waals surface area contributed by atoms with Crippen LogP contribution in [0.15, 0.2) is 29.2 Å². The summed E-state index contributed by atoms with van der Waals surface area (Å²) < 4.78 is 4.73. The van der Waals surface area contributed by atoms with Gasteiger partial charge in [0.1, 0.15) is 6.61 Å². The van der Waals surface area contributed by atoms with E-state index in [0.717, 1.165) is 4.90 Å². The van der Waals surface area contributed by atoms with Crippen molar-refractivity contribution in [2.75, 3.05) is 19.0 Å². The van der Waals surface area contributed by atoms with Gasteiger partial charge in [-0.15, -0.1) is 11.8 Å². The SMILES string of the molecule is Cc1ccc(SCC(=O)OCCO)cc1. The van der Waals surface area contributed by atoms with Gasteiger partial charge in [0, 0.05) is 4.90 Å². The van der Waals surface area contributed by atoms with Gasteiger partial charge in [-0.25, -0.2) is 0 Å². The summed E-state index contributed by atoms with van der Waals surface area (Å²) in [6, 6.07) is 7.95. The lowest BCUT2D eigenvalue weighted by molar-refractivity contribution is -0.141. The summed E-state index contributed by atoms with van der Waals surface area (Å²) in [6.07, 6.45) is 0. The Kier molecular flexibility index (Phi) is 5.21. The number of carbonyl (C=O) groups is 1. The van der Waals surface area contributed by atoms with E-state index in [0.29, 0.717) is 0 Å². The third-order valence-corrected chi connectivity index (χ3v) is 2.72. The molecule has 0 bridgehead atoms. The highest BCUT2D eigenvalue weighted by atomic mass is 32.2. The molecule has 1 N–H and O–H groups in total. The van der Waals surface area contributed by atoms with Gasteiger partial charge >= 0.3 is 5.97 Å². The number of benzene rings is 1. The van der Waals surface area contributed by atoms with Gasteiger partial charge in [-0.2, -0.15) is 0 Å². The smallest absolute Gasteiger partial charge is 0.316 e. The van der Waals surface area contributed by atoms with E-state index in [-0.39, 0.29) is 24.9 Å². The summed E-state index contributed by atoms with van der Waals surface area (Å²) in [5, 5.41) is 8.45. The van der Waals surface area contributed by atoms with Crippen LogP contribution in [0.25, 0.3) is 0 Å². The Morgan fingerprint density at radius 3 is 2.67 bits per heavy atom. The van der Waals surface area contributed by atoms with Crippen molar-refractivity contribution in [2.24, 2.45) is 0 Å². The second-order valence-electron chi connectivity index (χ2n) is 3.05. The maximum Gasteiger partial charge on any atom is 0.316 e. The number of ether oxygens (including phenoxy) is 1. The third kappa shape index (κ3) is 4.85. The fourth-order valence-corrected chi connectivity index (χ4v) is 1.67. The van der Waals surface area contributed by atoms with Gasteiger partial charge in [0.15, 0.2) is 0 Å². The molecule has 0 aliphatic heterocycles. The molecule has 1 aromatic rings. The Morgan fingerprint density at radius 2 is 2.07 bits per heavy atom. The lowest BCUT2D eigenvalue weighted by atomic mass is 10.2. The fourth-order valence-electron chi connectivity index (χ4n) is 0.978. The molecule has 0 radical (unpaired) electrons. The van der Waals surface area contributed by atoms with Crippen LogP contribution in [0, 0.1) is 6.92 Å². The lowest BCUT2D eigenvalue weighted by Crippen LogP contribution is -2.10. The number of aryl methyl sites for hydroxylation is 1.